The van der Waals surface area contributed by atoms with Crippen LogP contribution in [0.5, 0.6) is 5.75 Å². The first-order valence-corrected chi connectivity index (χ1v) is 7.73. The summed E-state index contributed by atoms with van der Waals surface area (Å²) < 4.78 is 0. The van der Waals surface area contributed by atoms with Gasteiger partial charge in [0, 0.05) is 0 Å². The van der Waals surface area contributed by atoms with Gasteiger partial charge in [-0.1, -0.05) is 42.5 Å². The van der Waals surface area contributed by atoms with Crippen LogP contribution in [-0.4, -0.2) is 16.3 Å². The highest BCUT2D eigenvalue weighted by molar-refractivity contribution is 5.28. The maximum atomic E-state index is 10.3. The van der Waals surface area contributed by atoms with Crippen molar-refractivity contribution in [2.45, 2.75) is 37.7 Å². The Balaban J connectivity index is 1.72. The molecule has 0 aliphatic heterocycles. The molecule has 0 saturated heterocycles. The second-order valence-electron chi connectivity index (χ2n) is 6.12. The number of phenolic OH excluding ortho intramolecular Hbond substituents is 1. The molecule has 3 unspecified atom stereocenters. The van der Waals surface area contributed by atoms with Gasteiger partial charge in [-0.15, -0.1) is 0 Å². The van der Waals surface area contributed by atoms with Gasteiger partial charge in [0.25, 0.3) is 0 Å². The number of aromatic hydroxyl groups is 1. The van der Waals surface area contributed by atoms with Crippen molar-refractivity contribution in [1.82, 2.24) is 0 Å². The molecule has 2 N–H and O–H groups in total. The fourth-order valence-electron chi connectivity index (χ4n) is 3.48. The Morgan fingerprint density at radius 3 is 2.52 bits per heavy atom. The Kier molecular flexibility index (Phi) is 4.26. The number of hydrogen-bond acceptors (Lipinski definition) is 2. The van der Waals surface area contributed by atoms with Crippen LogP contribution in [0, 0.1) is 5.92 Å². The second-order valence-corrected chi connectivity index (χ2v) is 6.12. The standard InChI is InChI=1S/C19H22O2/c20-18-8-4-5-14(12-18)11-17-13-16(9-10-19(17)21)15-6-2-1-3-7-15/h1-8,12,16-17,19-21H,9-11,13H2. The number of benzene rings is 2. The van der Waals surface area contributed by atoms with E-state index in [-0.39, 0.29) is 12.0 Å². The zero-order valence-corrected chi connectivity index (χ0v) is 12.2. The van der Waals surface area contributed by atoms with E-state index >= 15 is 0 Å². The van der Waals surface area contributed by atoms with Crippen molar-refractivity contribution in [3.8, 4) is 5.75 Å². The summed E-state index contributed by atoms with van der Waals surface area (Å²) in [5.41, 5.74) is 2.48. The molecule has 0 radical (unpaired) electrons. The lowest BCUT2D eigenvalue weighted by Gasteiger charge is -2.33. The smallest absolute Gasteiger partial charge is 0.115 e. The van der Waals surface area contributed by atoms with Gasteiger partial charge in [0.2, 0.25) is 0 Å². The average Bonchev–Trinajstić information content (AvgIpc) is 2.50. The van der Waals surface area contributed by atoms with Gasteiger partial charge >= 0.3 is 0 Å². The molecule has 1 saturated carbocycles. The van der Waals surface area contributed by atoms with E-state index in [2.05, 4.69) is 24.3 Å². The fourth-order valence-corrected chi connectivity index (χ4v) is 3.48. The van der Waals surface area contributed by atoms with Crippen LogP contribution in [0.2, 0.25) is 0 Å². The summed E-state index contributed by atoms with van der Waals surface area (Å²) >= 11 is 0. The highest BCUT2D eigenvalue weighted by Gasteiger charge is 2.29. The van der Waals surface area contributed by atoms with Crippen LogP contribution in [-0.2, 0) is 6.42 Å². The van der Waals surface area contributed by atoms with Crippen molar-refractivity contribution in [2.24, 2.45) is 5.92 Å². The van der Waals surface area contributed by atoms with Crippen molar-refractivity contribution >= 4 is 0 Å². The molecule has 1 aliphatic carbocycles. The molecule has 2 heteroatoms. The normalized spacial score (nSPS) is 25.7. The Hall–Kier alpha value is -1.80. The van der Waals surface area contributed by atoms with E-state index in [0.717, 1.165) is 31.2 Å². The maximum absolute atomic E-state index is 10.3. The summed E-state index contributed by atoms with van der Waals surface area (Å²) in [5.74, 6) is 1.11. The molecule has 3 rings (SSSR count). The lowest BCUT2D eigenvalue weighted by Crippen LogP contribution is -2.29. The number of aliphatic hydroxyl groups is 1. The molecule has 0 spiro atoms. The number of aliphatic hydroxyl groups excluding tert-OH is 1. The minimum atomic E-state index is -0.229. The molecule has 2 aromatic carbocycles. The van der Waals surface area contributed by atoms with Gasteiger partial charge in [-0.25, -0.2) is 0 Å². The van der Waals surface area contributed by atoms with Crippen molar-refractivity contribution in [3.63, 3.8) is 0 Å². The zero-order chi connectivity index (χ0) is 14.7. The molecule has 110 valence electrons. The van der Waals surface area contributed by atoms with Crippen molar-refractivity contribution in [1.29, 1.82) is 0 Å². The summed E-state index contributed by atoms with van der Waals surface area (Å²) in [6.45, 7) is 0. The topological polar surface area (TPSA) is 40.5 Å². The molecule has 21 heavy (non-hydrogen) atoms. The van der Waals surface area contributed by atoms with Crippen LogP contribution < -0.4 is 0 Å². The highest BCUT2D eigenvalue weighted by atomic mass is 16.3. The van der Waals surface area contributed by atoms with Gasteiger partial charge in [0.15, 0.2) is 0 Å². The predicted molar refractivity (Wildman–Crippen MR) is 84.3 cm³/mol. The molecule has 0 bridgehead atoms. The van der Waals surface area contributed by atoms with E-state index in [1.54, 1.807) is 12.1 Å². The fraction of sp³-hybridized carbons (Fsp3) is 0.368. The van der Waals surface area contributed by atoms with Gasteiger partial charge in [0.05, 0.1) is 6.10 Å². The molecule has 2 aromatic rings. The lowest BCUT2D eigenvalue weighted by atomic mass is 9.74. The van der Waals surface area contributed by atoms with E-state index in [4.69, 9.17) is 0 Å². The van der Waals surface area contributed by atoms with E-state index in [1.807, 2.05) is 18.2 Å². The average molecular weight is 282 g/mol. The molecular weight excluding hydrogens is 260 g/mol. The van der Waals surface area contributed by atoms with Crippen LogP contribution >= 0.6 is 0 Å². The quantitative estimate of drug-likeness (QED) is 0.897. The number of phenols is 1. The van der Waals surface area contributed by atoms with E-state index in [0.29, 0.717) is 11.7 Å². The SMILES string of the molecule is Oc1cccc(CC2CC(c3ccccc3)CCC2O)c1. The van der Waals surface area contributed by atoms with E-state index in [1.165, 1.54) is 5.56 Å². The van der Waals surface area contributed by atoms with Crippen LogP contribution in [0.4, 0.5) is 0 Å². The first kappa shape index (κ1) is 14.2. The van der Waals surface area contributed by atoms with Crippen LogP contribution in [0.1, 0.15) is 36.3 Å². The molecule has 0 amide bonds. The number of rotatable bonds is 3. The molecule has 1 aliphatic rings. The van der Waals surface area contributed by atoms with Crippen molar-refractivity contribution in [3.05, 3.63) is 65.7 Å². The molecule has 1 fully saturated rings. The summed E-state index contributed by atoms with van der Waals surface area (Å²) in [5, 5.41) is 19.9. The molecule has 0 aromatic heterocycles. The minimum Gasteiger partial charge on any atom is -0.508 e. The van der Waals surface area contributed by atoms with Crippen molar-refractivity contribution in [2.75, 3.05) is 0 Å². The lowest BCUT2D eigenvalue weighted by molar-refractivity contribution is 0.0619. The molecule has 3 atom stereocenters. The van der Waals surface area contributed by atoms with Crippen LogP contribution in [0.15, 0.2) is 54.6 Å². The first-order valence-electron chi connectivity index (χ1n) is 7.73. The summed E-state index contributed by atoms with van der Waals surface area (Å²) in [4.78, 5) is 0. The summed E-state index contributed by atoms with van der Waals surface area (Å²) in [6.07, 6.45) is 3.54. The van der Waals surface area contributed by atoms with Gasteiger partial charge < -0.3 is 10.2 Å². The van der Waals surface area contributed by atoms with Gasteiger partial charge in [-0.3, -0.25) is 0 Å². The zero-order valence-electron chi connectivity index (χ0n) is 12.2. The third-order valence-corrected chi connectivity index (χ3v) is 4.62. The third-order valence-electron chi connectivity index (χ3n) is 4.62. The van der Waals surface area contributed by atoms with Gasteiger partial charge in [-0.05, 0) is 60.8 Å². The monoisotopic (exact) mass is 282 g/mol. The van der Waals surface area contributed by atoms with E-state index < -0.39 is 0 Å². The van der Waals surface area contributed by atoms with Crippen LogP contribution in [0.25, 0.3) is 0 Å². The van der Waals surface area contributed by atoms with Gasteiger partial charge in [0.1, 0.15) is 5.75 Å². The first-order chi connectivity index (χ1) is 10.2. The molecule has 0 heterocycles. The number of hydrogen-bond donors (Lipinski definition) is 2. The summed E-state index contributed by atoms with van der Waals surface area (Å²) in [7, 11) is 0. The minimum absolute atomic E-state index is 0.229. The Bertz CT molecular complexity index is 579. The second kappa shape index (κ2) is 6.31. The van der Waals surface area contributed by atoms with E-state index in [9.17, 15) is 10.2 Å². The third kappa shape index (κ3) is 3.45. The Labute approximate surface area is 126 Å². The maximum Gasteiger partial charge on any atom is 0.115 e. The Morgan fingerprint density at radius 2 is 1.76 bits per heavy atom. The predicted octanol–water partition coefficient (Wildman–Crippen LogP) is 3.88. The van der Waals surface area contributed by atoms with Gasteiger partial charge in [-0.2, -0.15) is 0 Å². The highest BCUT2D eigenvalue weighted by Crippen LogP contribution is 2.38. The summed E-state index contributed by atoms with van der Waals surface area (Å²) in [6, 6.07) is 18.0. The molecule has 2 nitrogen and oxygen atoms in total. The molecular formula is C19H22O2. The van der Waals surface area contributed by atoms with Crippen molar-refractivity contribution < 1.29 is 10.2 Å². The van der Waals surface area contributed by atoms with Crippen LogP contribution in [0.3, 0.4) is 0 Å². The largest absolute Gasteiger partial charge is 0.508 e. The Morgan fingerprint density at radius 1 is 0.952 bits per heavy atom.